The molecule has 1 aromatic heterocycles. The van der Waals surface area contributed by atoms with Crippen molar-refractivity contribution >= 4 is 29.0 Å². The summed E-state index contributed by atoms with van der Waals surface area (Å²) in [5.41, 5.74) is 3.91. The standard InChI is InChI=1S/C28H33N5O2S/c1-3-25-27(36-30-29-25)28(35)31-18-22-11-7-8-12-26(22)32(20(2)34)16-15-23-13-14-24(19-31)33(23)17-21-9-5-4-6-10-21/h4-12,23-24H,3,13-19H2,1-2H3/t23-,24+/m0/s1. The fourth-order valence-electron chi connectivity index (χ4n) is 5.63. The number of amides is 2. The number of benzene rings is 2. The van der Waals surface area contributed by atoms with Crippen molar-refractivity contribution in [2.45, 2.75) is 64.7 Å². The zero-order valence-corrected chi connectivity index (χ0v) is 21.8. The van der Waals surface area contributed by atoms with Gasteiger partial charge < -0.3 is 9.80 Å². The first-order chi connectivity index (χ1) is 17.5. The SMILES string of the molecule is CCc1nnsc1C(=O)N1Cc2ccccc2N(C(C)=O)CC[C@@H]2CC[C@H](C1)N2Cc1ccccc1. The van der Waals surface area contributed by atoms with Gasteiger partial charge >= 0.3 is 0 Å². The van der Waals surface area contributed by atoms with Gasteiger partial charge in [-0.1, -0.05) is 59.9 Å². The Balaban J connectivity index is 1.54. The Morgan fingerprint density at radius 1 is 1.00 bits per heavy atom. The average molecular weight is 504 g/mol. The van der Waals surface area contributed by atoms with Crippen molar-refractivity contribution in [2.24, 2.45) is 0 Å². The summed E-state index contributed by atoms with van der Waals surface area (Å²) in [5.74, 6) is 0.0111. The molecule has 1 saturated heterocycles. The molecule has 36 heavy (non-hydrogen) atoms. The topological polar surface area (TPSA) is 69.6 Å². The molecule has 0 saturated carbocycles. The second kappa shape index (κ2) is 10.9. The number of nitrogens with zero attached hydrogens (tertiary/aromatic N) is 5. The summed E-state index contributed by atoms with van der Waals surface area (Å²) in [6.07, 6.45) is 3.68. The second-order valence-electron chi connectivity index (χ2n) is 9.72. The van der Waals surface area contributed by atoms with E-state index in [4.69, 9.17) is 0 Å². The highest BCUT2D eigenvalue weighted by Gasteiger charge is 2.37. The lowest BCUT2D eigenvalue weighted by atomic mass is 10.1. The summed E-state index contributed by atoms with van der Waals surface area (Å²) >= 11 is 1.18. The summed E-state index contributed by atoms with van der Waals surface area (Å²) < 4.78 is 4.08. The normalized spacial score (nSPS) is 20.6. The quantitative estimate of drug-likeness (QED) is 0.523. The van der Waals surface area contributed by atoms with Crippen LogP contribution in [-0.2, 0) is 24.3 Å². The van der Waals surface area contributed by atoms with Crippen LogP contribution >= 0.6 is 11.5 Å². The highest BCUT2D eigenvalue weighted by atomic mass is 32.1. The molecule has 0 aliphatic carbocycles. The van der Waals surface area contributed by atoms with E-state index in [1.165, 1.54) is 17.1 Å². The van der Waals surface area contributed by atoms with Crippen molar-refractivity contribution in [1.82, 2.24) is 19.4 Å². The van der Waals surface area contributed by atoms with Crippen LogP contribution < -0.4 is 4.90 Å². The molecular weight excluding hydrogens is 470 g/mol. The molecule has 188 valence electrons. The molecule has 3 heterocycles. The van der Waals surface area contributed by atoms with Crippen LogP contribution in [0, 0.1) is 0 Å². The fourth-order valence-corrected chi connectivity index (χ4v) is 6.35. The van der Waals surface area contributed by atoms with E-state index in [1.54, 1.807) is 6.92 Å². The monoisotopic (exact) mass is 503 g/mol. The van der Waals surface area contributed by atoms with E-state index < -0.39 is 0 Å². The summed E-state index contributed by atoms with van der Waals surface area (Å²) in [6, 6.07) is 19.1. The highest BCUT2D eigenvalue weighted by molar-refractivity contribution is 7.08. The number of carbonyl (C=O) groups excluding carboxylic acids is 2. The van der Waals surface area contributed by atoms with Crippen LogP contribution in [0.3, 0.4) is 0 Å². The summed E-state index contributed by atoms with van der Waals surface area (Å²) in [4.78, 5) is 33.7. The van der Waals surface area contributed by atoms with E-state index >= 15 is 0 Å². The molecular formula is C28H33N5O2S. The highest BCUT2D eigenvalue weighted by Crippen LogP contribution is 2.33. The zero-order valence-electron chi connectivity index (χ0n) is 21.0. The van der Waals surface area contributed by atoms with Gasteiger partial charge in [-0.05, 0) is 54.4 Å². The van der Waals surface area contributed by atoms with Gasteiger partial charge in [-0.3, -0.25) is 14.5 Å². The van der Waals surface area contributed by atoms with Crippen LogP contribution in [0.1, 0.15) is 59.6 Å². The Hall–Kier alpha value is -3.10. The molecule has 0 N–H and O–H groups in total. The predicted octanol–water partition coefficient (Wildman–Crippen LogP) is 4.53. The summed E-state index contributed by atoms with van der Waals surface area (Å²) in [7, 11) is 0. The van der Waals surface area contributed by atoms with Crippen LogP contribution in [0.15, 0.2) is 54.6 Å². The smallest absolute Gasteiger partial charge is 0.267 e. The van der Waals surface area contributed by atoms with E-state index in [-0.39, 0.29) is 17.9 Å². The van der Waals surface area contributed by atoms with Gasteiger partial charge in [-0.25, -0.2) is 0 Å². The van der Waals surface area contributed by atoms with Crippen molar-refractivity contribution in [3.8, 4) is 0 Å². The lowest BCUT2D eigenvalue weighted by molar-refractivity contribution is -0.116. The first-order valence-electron chi connectivity index (χ1n) is 12.8. The number of carbonyl (C=O) groups is 2. The molecule has 2 aliphatic rings. The van der Waals surface area contributed by atoms with Gasteiger partial charge in [-0.15, -0.1) is 5.10 Å². The average Bonchev–Trinajstić information content (AvgIpc) is 3.51. The van der Waals surface area contributed by atoms with E-state index in [1.807, 2.05) is 47.1 Å². The van der Waals surface area contributed by atoms with Gasteiger partial charge in [0.2, 0.25) is 5.91 Å². The Labute approximate surface area is 216 Å². The third-order valence-electron chi connectivity index (χ3n) is 7.49. The van der Waals surface area contributed by atoms with Gasteiger partial charge in [-0.2, -0.15) is 0 Å². The Bertz CT molecular complexity index is 1210. The van der Waals surface area contributed by atoms with E-state index in [0.29, 0.717) is 37.0 Å². The van der Waals surface area contributed by atoms with Crippen LogP contribution in [0.2, 0.25) is 0 Å². The number of anilines is 1. The second-order valence-corrected chi connectivity index (χ2v) is 10.5. The van der Waals surface area contributed by atoms with Crippen molar-refractivity contribution in [1.29, 1.82) is 0 Å². The Kier molecular flexibility index (Phi) is 7.43. The number of hydrogen-bond acceptors (Lipinski definition) is 6. The Morgan fingerprint density at radius 2 is 1.75 bits per heavy atom. The molecule has 5 rings (SSSR count). The molecule has 7 nitrogen and oxygen atoms in total. The van der Waals surface area contributed by atoms with E-state index in [0.717, 1.165) is 42.8 Å². The molecule has 8 heteroatoms. The minimum absolute atomic E-state index is 0.0200. The molecule has 2 amide bonds. The molecule has 3 aromatic rings. The van der Waals surface area contributed by atoms with Crippen LogP contribution in [0.5, 0.6) is 0 Å². The van der Waals surface area contributed by atoms with Crippen molar-refractivity contribution in [3.05, 3.63) is 76.3 Å². The van der Waals surface area contributed by atoms with Gasteiger partial charge in [0, 0.05) is 50.9 Å². The minimum atomic E-state index is -0.0200. The zero-order chi connectivity index (χ0) is 25.1. The molecule has 0 spiro atoms. The summed E-state index contributed by atoms with van der Waals surface area (Å²) in [5, 5.41) is 4.20. The van der Waals surface area contributed by atoms with Gasteiger partial charge in [0.25, 0.3) is 5.91 Å². The molecule has 0 unspecified atom stereocenters. The van der Waals surface area contributed by atoms with Crippen molar-refractivity contribution < 1.29 is 9.59 Å². The summed E-state index contributed by atoms with van der Waals surface area (Å²) in [6.45, 7) is 6.23. The Morgan fingerprint density at radius 3 is 2.53 bits per heavy atom. The van der Waals surface area contributed by atoms with E-state index in [9.17, 15) is 9.59 Å². The number of aryl methyl sites for hydroxylation is 1. The van der Waals surface area contributed by atoms with Crippen molar-refractivity contribution in [3.63, 3.8) is 0 Å². The predicted molar refractivity (Wildman–Crippen MR) is 142 cm³/mol. The van der Waals surface area contributed by atoms with Crippen LogP contribution in [0.25, 0.3) is 0 Å². The number of rotatable bonds is 4. The lowest BCUT2D eigenvalue weighted by Gasteiger charge is -2.33. The molecule has 0 radical (unpaired) electrons. The van der Waals surface area contributed by atoms with Gasteiger partial charge in [0.1, 0.15) is 4.88 Å². The largest absolute Gasteiger partial charge is 0.332 e. The first kappa shape index (κ1) is 24.6. The third-order valence-corrected chi connectivity index (χ3v) is 8.25. The van der Waals surface area contributed by atoms with Gasteiger partial charge in [0.15, 0.2) is 0 Å². The minimum Gasteiger partial charge on any atom is -0.332 e. The maximum absolute atomic E-state index is 13.9. The van der Waals surface area contributed by atoms with Crippen LogP contribution in [-0.4, -0.2) is 56.4 Å². The third kappa shape index (κ3) is 5.06. The number of para-hydroxylation sites is 1. The molecule has 1 fully saturated rings. The maximum Gasteiger partial charge on any atom is 0.267 e. The van der Waals surface area contributed by atoms with Crippen LogP contribution in [0.4, 0.5) is 5.69 Å². The molecule has 2 aliphatic heterocycles. The lowest BCUT2D eigenvalue weighted by Crippen LogP contribution is -2.45. The van der Waals surface area contributed by atoms with Gasteiger partial charge in [0.05, 0.1) is 5.69 Å². The maximum atomic E-state index is 13.9. The molecule has 2 bridgehead atoms. The van der Waals surface area contributed by atoms with Crippen molar-refractivity contribution in [2.75, 3.05) is 18.0 Å². The number of fused-ring (bicyclic) bond motifs is 3. The molecule has 2 atom stereocenters. The molecule has 2 aromatic carbocycles. The number of hydrogen-bond donors (Lipinski definition) is 0. The fraction of sp³-hybridized carbons (Fsp3) is 0.429. The van der Waals surface area contributed by atoms with E-state index in [2.05, 4.69) is 38.8 Å². The first-order valence-corrected chi connectivity index (χ1v) is 13.6. The number of aromatic nitrogens is 2.